The summed E-state index contributed by atoms with van der Waals surface area (Å²) in [4.78, 5) is 62.2. The molecule has 0 spiro atoms. The molecule has 5 amide bonds. The fourth-order valence-corrected chi connectivity index (χ4v) is 5.11. The van der Waals surface area contributed by atoms with Gasteiger partial charge in [-0.25, -0.2) is 0 Å². The second-order valence-corrected chi connectivity index (χ2v) is 10.6. The molecule has 43 heavy (non-hydrogen) atoms. The van der Waals surface area contributed by atoms with Gasteiger partial charge in [0.05, 0.1) is 24.3 Å². The Morgan fingerprint density at radius 2 is 1.63 bits per heavy atom. The van der Waals surface area contributed by atoms with Crippen LogP contribution in [0.5, 0.6) is 5.75 Å². The Balaban J connectivity index is 1.05. The Bertz CT molecular complexity index is 1310. The Labute approximate surface area is 251 Å². The number of hydrogen-bond donors (Lipinski definition) is 3. The van der Waals surface area contributed by atoms with Crippen molar-refractivity contribution < 1.29 is 33.4 Å². The van der Waals surface area contributed by atoms with Crippen molar-refractivity contribution in [3.63, 3.8) is 0 Å². The zero-order valence-electron chi connectivity index (χ0n) is 24.6. The highest BCUT2D eigenvalue weighted by molar-refractivity contribution is 6.25. The van der Waals surface area contributed by atoms with Crippen LogP contribution in [-0.4, -0.2) is 66.8 Å². The highest BCUT2D eigenvalue weighted by Crippen LogP contribution is 2.32. The Hall–Kier alpha value is -4.25. The van der Waals surface area contributed by atoms with Crippen LogP contribution in [0.1, 0.15) is 85.4 Å². The largest absolute Gasteiger partial charge is 0.494 e. The maximum atomic E-state index is 13.1. The maximum absolute atomic E-state index is 13.1. The van der Waals surface area contributed by atoms with Crippen molar-refractivity contribution in [1.82, 2.24) is 10.2 Å². The van der Waals surface area contributed by atoms with Gasteiger partial charge in [-0.2, -0.15) is 0 Å². The number of imide groups is 2. The van der Waals surface area contributed by atoms with Gasteiger partial charge >= 0.3 is 0 Å². The molecule has 2 aromatic carbocycles. The summed E-state index contributed by atoms with van der Waals surface area (Å²) in [5, 5.41) is 8.21. The molecular formula is C32H40N4O7. The van der Waals surface area contributed by atoms with Crippen molar-refractivity contribution in [2.24, 2.45) is 0 Å². The van der Waals surface area contributed by atoms with E-state index in [9.17, 15) is 24.0 Å². The Kier molecular flexibility index (Phi) is 11.7. The van der Waals surface area contributed by atoms with Gasteiger partial charge in [0.25, 0.3) is 11.8 Å². The first-order valence-corrected chi connectivity index (χ1v) is 15.1. The molecule has 2 heterocycles. The molecule has 0 saturated carbocycles. The minimum absolute atomic E-state index is 0.00994. The van der Waals surface area contributed by atoms with Crippen molar-refractivity contribution in [3.05, 3.63) is 53.6 Å². The highest BCUT2D eigenvalue weighted by atomic mass is 16.5. The number of carbonyl (C=O) groups is 5. The molecule has 0 aliphatic carbocycles. The van der Waals surface area contributed by atoms with Gasteiger partial charge in [-0.05, 0) is 55.7 Å². The number of amides is 5. The molecule has 2 aromatic rings. The van der Waals surface area contributed by atoms with E-state index in [0.29, 0.717) is 38.5 Å². The summed E-state index contributed by atoms with van der Waals surface area (Å²) in [5.41, 5.74) is 1.79. The van der Waals surface area contributed by atoms with Gasteiger partial charge in [-0.3, -0.25) is 34.2 Å². The van der Waals surface area contributed by atoms with E-state index in [0.717, 1.165) is 54.9 Å². The number of nitrogens with one attached hydrogen (secondary N) is 3. The third-order valence-corrected chi connectivity index (χ3v) is 7.44. The van der Waals surface area contributed by atoms with Gasteiger partial charge in [0, 0.05) is 37.4 Å². The number of unbranched alkanes of at least 4 members (excludes halogenated alkanes) is 5. The summed E-state index contributed by atoms with van der Waals surface area (Å²) in [6.45, 7) is 4.04. The molecular weight excluding hydrogens is 552 g/mol. The minimum Gasteiger partial charge on any atom is -0.494 e. The molecule has 2 aliphatic rings. The molecule has 1 atom stereocenters. The van der Waals surface area contributed by atoms with E-state index in [4.69, 9.17) is 9.47 Å². The molecule has 3 N–H and O–H groups in total. The Morgan fingerprint density at radius 1 is 0.907 bits per heavy atom. The number of fused-ring (bicyclic) bond motifs is 1. The number of rotatable bonds is 17. The normalized spacial score (nSPS) is 16.2. The van der Waals surface area contributed by atoms with E-state index in [2.05, 4.69) is 16.0 Å². The standard InChI is InChI=1S/C32H40N4O7/c1-2-27(37)34-22-12-14-23(15-13-22)43-20-8-6-4-3-5-7-19-42-21-18-33-25-11-9-10-24-29(25)32(41)36(31(24)40)26-16-17-28(38)35-30(26)39/h9-15,26,33H,2-8,16-21H2,1H3,(H,34,37)(H,35,38,39). The highest BCUT2D eigenvalue weighted by Gasteiger charge is 2.45. The lowest BCUT2D eigenvalue weighted by Crippen LogP contribution is -2.54. The van der Waals surface area contributed by atoms with Crippen LogP contribution in [0.2, 0.25) is 0 Å². The van der Waals surface area contributed by atoms with Crippen molar-refractivity contribution in [2.75, 3.05) is 37.0 Å². The van der Waals surface area contributed by atoms with Crippen LogP contribution in [0.15, 0.2) is 42.5 Å². The zero-order valence-corrected chi connectivity index (χ0v) is 24.6. The average Bonchev–Trinajstić information content (AvgIpc) is 3.26. The lowest BCUT2D eigenvalue weighted by atomic mass is 10.0. The number of nitrogens with zero attached hydrogens (tertiary/aromatic N) is 1. The summed E-state index contributed by atoms with van der Waals surface area (Å²) in [6.07, 6.45) is 7.05. The van der Waals surface area contributed by atoms with E-state index < -0.39 is 29.7 Å². The molecule has 11 nitrogen and oxygen atoms in total. The molecule has 230 valence electrons. The monoisotopic (exact) mass is 592 g/mol. The zero-order chi connectivity index (χ0) is 30.6. The number of anilines is 2. The molecule has 4 rings (SSSR count). The van der Waals surface area contributed by atoms with Crippen molar-refractivity contribution >= 4 is 40.9 Å². The number of benzene rings is 2. The fraction of sp³-hybridized carbons (Fsp3) is 0.469. The summed E-state index contributed by atoms with van der Waals surface area (Å²) in [7, 11) is 0. The third-order valence-electron chi connectivity index (χ3n) is 7.44. The quantitative estimate of drug-likeness (QED) is 0.182. The van der Waals surface area contributed by atoms with Gasteiger partial charge in [0.15, 0.2) is 0 Å². The van der Waals surface area contributed by atoms with Crippen LogP contribution in [-0.2, 0) is 19.1 Å². The first kappa shape index (κ1) is 31.7. The summed E-state index contributed by atoms with van der Waals surface area (Å²) in [5.74, 6) is -1.29. The van der Waals surface area contributed by atoms with Gasteiger partial charge in [0.1, 0.15) is 11.8 Å². The summed E-state index contributed by atoms with van der Waals surface area (Å²) >= 11 is 0. The van der Waals surface area contributed by atoms with E-state index in [1.54, 1.807) is 18.2 Å². The van der Waals surface area contributed by atoms with Crippen LogP contribution in [0, 0.1) is 0 Å². The van der Waals surface area contributed by atoms with E-state index >= 15 is 0 Å². The van der Waals surface area contributed by atoms with Crippen LogP contribution < -0.4 is 20.7 Å². The number of piperidine rings is 1. The molecule has 1 unspecified atom stereocenters. The minimum atomic E-state index is -0.986. The molecule has 0 radical (unpaired) electrons. The number of hydrogen-bond acceptors (Lipinski definition) is 8. The average molecular weight is 593 g/mol. The summed E-state index contributed by atoms with van der Waals surface area (Å²) < 4.78 is 11.5. The molecule has 0 aromatic heterocycles. The summed E-state index contributed by atoms with van der Waals surface area (Å²) in [6, 6.07) is 11.4. The topological polar surface area (TPSA) is 143 Å². The fourth-order valence-electron chi connectivity index (χ4n) is 5.11. The van der Waals surface area contributed by atoms with Crippen molar-refractivity contribution in [2.45, 2.75) is 70.8 Å². The van der Waals surface area contributed by atoms with E-state index in [1.807, 2.05) is 31.2 Å². The van der Waals surface area contributed by atoms with Gasteiger partial charge in [0.2, 0.25) is 17.7 Å². The lowest BCUT2D eigenvalue weighted by Gasteiger charge is -2.27. The van der Waals surface area contributed by atoms with E-state index in [-0.39, 0.29) is 29.9 Å². The first-order chi connectivity index (χ1) is 20.9. The predicted molar refractivity (Wildman–Crippen MR) is 161 cm³/mol. The van der Waals surface area contributed by atoms with Gasteiger partial charge in [-0.1, -0.05) is 38.7 Å². The molecule has 2 aliphatic heterocycles. The Morgan fingerprint density at radius 3 is 2.35 bits per heavy atom. The van der Waals surface area contributed by atoms with Gasteiger partial charge in [-0.15, -0.1) is 0 Å². The van der Waals surface area contributed by atoms with Crippen LogP contribution in [0.3, 0.4) is 0 Å². The molecule has 11 heteroatoms. The first-order valence-electron chi connectivity index (χ1n) is 15.1. The van der Waals surface area contributed by atoms with E-state index in [1.165, 1.54) is 0 Å². The predicted octanol–water partition coefficient (Wildman–Crippen LogP) is 4.28. The van der Waals surface area contributed by atoms with Crippen LogP contribution >= 0.6 is 0 Å². The van der Waals surface area contributed by atoms with Crippen LogP contribution in [0.4, 0.5) is 11.4 Å². The van der Waals surface area contributed by atoms with Crippen LogP contribution in [0.25, 0.3) is 0 Å². The smallest absolute Gasteiger partial charge is 0.264 e. The van der Waals surface area contributed by atoms with Crippen molar-refractivity contribution in [3.8, 4) is 5.75 Å². The lowest BCUT2D eigenvalue weighted by molar-refractivity contribution is -0.136. The molecule has 1 saturated heterocycles. The number of ether oxygens (including phenoxy) is 2. The second kappa shape index (κ2) is 15.8. The molecule has 0 bridgehead atoms. The molecule has 1 fully saturated rings. The third kappa shape index (κ3) is 8.63. The second-order valence-electron chi connectivity index (χ2n) is 10.6. The van der Waals surface area contributed by atoms with Gasteiger partial charge < -0.3 is 20.1 Å². The SMILES string of the molecule is CCC(=O)Nc1ccc(OCCCCCCCCOCCNc2cccc3c2C(=O)N(C2CCC(=O)NC2=O)C3=O)cc1. The number of carbonyl (C=O) groups excluding carboxylic acids is 5. The van der Waals surface area contributed by atoms with Crippen molar-refractivity contribution in [1.29, 1.82) is 0 Å². The maximum Gasteiger partial charge on any atom is 0.264 e.